The minimum absolute atomic E-state index is 0.400. The number of carbonyl (C=O) groups is 2. The fourth-order valence-corrected chi connectivity index (χ4v) is 2.33. The predicted octanol–water partition coefficient (Wildman–Crippen LogP) is 2.71. The van der Waals surface area contributed by atoms with E-state index in [0.29, 0.717) is 12.2 Å². The predicted molar refractivity (Wildman–Crippen MR) is 82.7 cm³/mol. The van der Waals surface area contributed by atoms with Crippen LogP contribution in [0.1, 0.15) is 24.8 Å². The van der Waals surface area contributed by atoms with Gasteiger partial charge in [-0.15, -0.1) is 6.58 Å². The molecule has 0 saturated heterocycles. The molecular formula is C17H22O5. The first-order chi connectivity index (χ1) is 10.4. The summed E-state index contributed by atoms with van der Waals surface area (Å²) in [6.07, 6.45) is 0.473. The Morgan fingerprint density at radius 3 is 1.91 bits per heavy atom. The maximum atomic E-state index is 12.1. The second-order valence-corrected chi connectivity index (χ2v) is 5.06. The largest absolute Gasteiger partial charge is 0.497 e. The average Bonchev–Trinajstić information content (AvgIpc) is 2.53. The molecule has 0 saturated carbocycles. The van der Waals surface area contributed by atoms with E-state index in [1.807, 2.05) is 19.1 Å². The van der Waals surface area contributed by atoms with Crippen molar-refractivity contribution >= 4 is 11.9 Å². The van der Waals surface area contributed by atoms with E-state index in [1.165, 1.54) is 14.2 Å². The van der Waals surface area contributed by atoms with Crippen molar-refractivity contribution in [1.29, 1.82) is 0 Å². The number of hydrogen-bond acceptors (Lipinski definition) is 5. The normalized spacial score (nSPS) is 11.7. The highest BCUT2D eigenvalue weighted by atomic mass is 16.5. The molecule has 1 atom stereocenters. The summed E-state index contributed by atoms with van der Waals surface area (Å²) in [5.41, 5.74) is 1.68. The summed E-state index contributed by atoms with van der Waals surface area (Å²) in [4.78, 5) is 24.1. The van der Waals surface area contributed by atoms with Crippen LogP contribution in [0.25, 0.3) is 0 Å². The monoisotopic (exact) mass is 306 g/mol. The lowest BCUT2D eigenvalue weighted by atomic mass is 9.81. The van der Waals surface area contributed by atoms with Gasteiger partial charge in [0.1, 0.15) is 5.75 Å². The molecule has 0 aliphatic carbocycles. The van der Waals surface area contributed by atoms with Crippen LogP contribution in [0.2, 0.25) is 0 Å². The quantitative estimate of drug-likeness (QED) is 0.440. The van der Waals surface area contributed by atoms with Gasteiger partial charge in [0.25, 0.3) is 0 Å². The highest BCUT2D eigenvalue weighted by Gasteiger charge is 2.37. The molecule has 0 bridgehead atoms. The summed E-state index contributed by atoms with van der Waals surface area (Å²) in [5, 5.41) is 0. The van der Waals surface area contributed by atoms with Crippen LogP contribution < -0.4 is 4.74 Å². The zero-order valence-electron chi connectivity index (χ0n) is 13.4. The van der Waals surface area contributed by atoms with Gasteiger partial charge in [-0.1, -0.05) is 17.7 Å². The third-order valence-electron chi connectivity index (χ3n) is 3.42. The first kappa shape index (κ1) is 17.8. The second-order valence-electron chi connectivity index (χ2n) is 5.06. The van der Waals surface area contributed by atoms with Crippen molar-refractivity contribution < 1.29 is 23.8 Å². The van der Waals surface area contributed by atoms with Crippen molar-refractivity contribution in [2.75, 3.05) is 21.3 Å². The number of ether oxygens (including phenoxy) is 3. The highest BCUT2D eigenvalue weighted by Crippen LogP contribution is 2.33. The number of hydrogen-bond donors (Lipinski definition) is 0. The molecule has 0 fully saturated rings. The van der Waals surface area contributed by atoms with Gasteiger partial charge < -0.3 is 14.2 Å². The van der Waals surface area contributed by atoms with Gasteiger partial charge in [0.15, 0.2) is 5.92 Å². The third-order valence-corrected chi connectivity index (χ3v) is 3.42. The molecule has 0 amide bonds. The fraction of sp³-hybridized carbons (Fsp3) is 0.412. The van der Waals surface area contributed by atoms with Crippen molar-refractivity contribution in [3.63, 3.8) is 0 Å². The molecule has 0 aliphatic rings. The van der Waals surface area contributed by atoms with Crippen LogP contribution in [-0.4, -0.2) is 33.3 Å². The number of methoxy groups -OCH3 is 3. The summed E-state index contributed by atoms with van der Waals surface area (Å²) in [6, 6.07) is 7.22. The van der Waals surface area contributed by atoms with E-state index in [9.17, 15) is 9.59 Å². The minimum Gasteiger partial charge on any atom is -0.497 e. The van der Waals surface area contributed by atoms with Crippen LogP contribution in [0, 0.1) is 5.92 Å². The minimum atomic E-state index is -1.03. The first-order valence-electron chi connectivity index (χ1n) is 6.88. The van der Waals surface area contributed by atoms with Crippen LogP contribution >= 0.6 is 0 Å². The van der Waals surface area contributed by atoms with Gasteiger partial charge in [-0.25, -0.2) is 0 Å². The summed E-state index contributed by atoms with van der Waals surface area (Å²) >= 11 is 0. The van der Waals surface area contributed by atoms with Crippen molar-refractivity contribution in [3.05, 3.63) is 42.0 Å². The molecule has 1 unspecified atom stereocenters. The molecular weight excluding hydrogens is 284 g/mol. The van der Waals surface area contributed by atoms with E-state index >= 15 is 0 Å². The third kappa shape index (κ3) is 4.35. The SMILES string of the molecule is C=C(C)CC(c1ccc(OC)cc1)C(C(=O)OC)C(=O)OC. The zero-order chi connectivity index (χ0) is 16.7. The maximum absolute atomic E-state index is 12.1. The summed E-state index contributed by atoms with van der Waals surface area (Å²) < 4.78 is 14.7. The molecule has 0 spiro atoms. The van der Waals surface area contributed by atoms with E-state index < -0.39 is 23.8 Å². The summed E-state index contributed by atoms with van der Waals surface area (Å²) in [6.45, 7) is 5.73. The molecule has 0 radical (unpaired) electrons. The molecule has 1 aromatic rings. The van der Waals surface area contributed by atoms with Crippen LogP contribution in [-0.2, 0) is 19.1 Å². The molecule has 1 rings (SSSR count). The lowest BCUT2D eigenvalue weighted by molar-refractivity contribution is -0.160. The summed E-state index contributed by atoms with van der Waals surface area (Å²) in [5.74, 6) is -1.96. The van der Waals surface area contributed by atoms with Gasteiger partial charge in [0, 0.05) is 5.92 Å². The van der Waals surface area contributed by atoms with Crippen molar-refractivity contribution in [2.45, 2.75) is 19.3 Å². The molecule has 5 heteroatoms. The number of esters is 2. The lowest BCUT2D eigenvalue weighted by Gasteiger charge is -2.24. The Morgan fingerprint density at radius 2 is 1.55 bits per heavy atom. The molecule has 1 aromatic carbocycles. The van der Waals surface area contributed by atoms with Gasteiger partial charge >= 0.3 is 11.9 Å². The topological polar surface area (TPSA) is 61.8 Å². The van der Waals surface area contributed by atoms with Crippen LogP contribution in [0.5, 0.6) is 5.75 Å². The van der Waals surface area contributed by atoms with Gasteiger partial charge in [0.2, 0.25) is 0 Å². The van der Waals surface area contributed by atoms with Gasteiger partial charge in [0.05, 0.1) is 21.3 Å². The van der Waals surface area contributed by atoms with Gasteiger partial charge in [-0.05, 0) is 31.0 Å². The Balaban J connectivity index is 3.25. The van der Waals surface area contributed by atoms with Crippen molar-refractivity contribution in [3.8, 4) is 5.75 Å². The smallest absolute Gasteiger partial charge is 0.320 e. The van der Waals surface area contributed by atoms with Crippen molar-refractivity contribution in [2.24, 2.45) is 5.92 Å². The van der Waals surface area contributed by atoms with E-state index in [1.54, 1.807) is 19.2 Å². The number of benzene rings is 1. The van der Waals surface area contributed by atoms with Crippen LogP contribution in [0.15, 0.2) is 36.4 Å². The van der Waals surface area contributed by atoms with Crippen LogP contribution in [0.4, 0.5) is 0 Å². The average molecular weight is 306 g/mol. The zero-order valence-corrected chi connectivity index (χ0v) is 13.4. The van der Waals surface area contributed by atoms with E-state index in [0.717, 1.165) is 11.1 Å². The van der Waals surface area contributed by atoms with Crippen LogP contribution in [0.3, 0.4) is 0 Å². The maximum Gasteiger partial charge on any atom is 0.320 e. The van der Waals surface area contributed by atoms with E-state index in [-0.39, 0.29) is 0 Å². The Labute approximate surface area is 130 Å². The van der Waals surface area contributed by atoms with Gasteiger partial charge in [-0.2, -0.15) is 0 Å². The number of rotatable bonds is 7. The highest BCUT2D eigenvalue weighted by molar-refractivity contribution is 5.96. The molecule has 120 valence electrons. The fourth-order valence-electron chi connectivity index (χ4n) is 2.33. The van der Waals surface area contributed by atoms with Gasteiger partial charge in [-0.3, -0.25) is 9.59 Å². The number of allylic oxidation sites excluding steroid dienone is 1. The van der Waals surface area contributed by atoms with E-state index in [2.05, 4.69) is 6.58 Å². The molecule has 5 nitrogen and oxygen atoms in total. The summed E-state index contributed by atoms with van der Waals surface area (Å²) in [7, 11) is 4.08. The van der Waals surface area contributed by atoms with E-state index in [4.69, 9.17) is 14.2 Å². The second kappa shape index (κ2) is 8.22. The molecule has 0 N–H and O–H groups in total. The standard InChI is InChI=1S/C17H22O5/c1-11(2)10-14(12-6-8-13(20-3)9-7-12)15(16(18)21-4)17(19)22-5/h6-9,14-15H,1,10H2,2-5H3. The Hall–Kier alpha value is -2.30. The Morgan fingerprint density at radius 1 is 1.05 bits per heavy atom. The molecule has 22 heavy (non-hydrogen) atoms. The lowest BCUT2D eigenvalue weighted by Crippen LogP contribution is -2.32. The molecule has 0 heterocycles. The first-order valence-corrected chi connectivity index (χ1v) is 6.88. The molecule has 0 aliphatic heterocycles. The van der Waals surface area contributed by atoms with Crippen molar-refractivity contribution in [1.82, 2.24) is 0 Å². The number of carbonyl (C=O) groups excluding carboxylic acids is 2. The Bertz CT molecular complexity index is 516. The Kier molecular flexibility index (Phi) is 6.63. The molecule has 0 aromatic heterocycles.